The largest absolute Gasteiger partial charge is 0.507 e. The molecule has 120 valence electrons. The molecular weight excluding hydrogens is 276 g/mol. The summed E-state index contributed by atoms with van der Waals surface area (Å²) in [4.78, 5) is 11.5. The van der Waals surface area contributed by atoms with Gasteiger partial charge < -0.3 is 9.84 Å². The van der Waals surface area contributed by atoms with Gasteiger partial charge in [0.2, 0.25) is 0 Å². The van der Waals surface area contributed by atoms with Gasteiger partial charge in [0, 0.05) is 5.56 Å². The van der Waals surface area contributed by atoms with E-state index in [2.05, 4.69) is 32.9 Å². The molecule has 0 fully saturated rings. The fourth-order valence-electron chi connectivity index (χ4n) is 2.26. The zero-order valence-corrected chi connectivity index (χ0v) is 14.2. The Bertz CT molecular complexity index is 591. The van der Waals surface area contributed by atoms with E-state index < -0.39 is 0 Å². The minimum absolute atomic E-state index is 0.0280. The number of phenolic OH excluding ortho intramolecular Hbond substituents is 1. The summed E-state index contributed by atoms with van der Waals surface area (Å²) in [6.07, 6.45) is 6.85. The molecule has 1 N–H and O–H groups in total. The molecule has 0 aliphatic heterocycles. The van der Waals surface area contributed by atoms with Gasteiger partial charge >= 0.3 is 0 Å². The van der Waals surface area contributed by atoms with E-state index in [1.54, 1.807) is 19.2 Å². The monoisotopic (exact) mass is 302 g/mol. The molecule has 0 aromatic heterocycles. The summed E-state index contributed by atoms with van der Waals surface area (Å²) in [6, 6.07) is 3.34. The Balaban J connectivity index is 2.94. The van der Waals surface area contributed by atoms with Crippen LogP contribution in [0.1, 0.15) is 56.5 Å². The molecule has 1 rings (SSSR count). The number of ether oxygens (including phenoxy) is 1. The van der Waals surface area contributed by atoms with Crippen LogP contribution < -0.4 is 4.74 Å². The van der Waals surface area contributed by atoms with Crippen molar-refractivity contribution in [1.82, 2.24) is 0 Å². The number of hydrogen-bond donors (Lipinski definition) is 1. The SMILES string of the molecule is COc1ccc(C(C)=O)c(O)c1C/C=C(\C)CCC=C(C)C. The first-order valence-electron chi connectivity index (χ1n) is 7.55. The zero-order chi connectivity index (χ0) is 16.7. The van der Waals surface area contributed by atoms with Gasteiger partial charge in [0.15, 0.2) is 5.78 Å². The Morgan fingerprint density at radius 3 is 2.41 bits per heavy atom. The Hall–Kier alpha value is -2.03. The third kappa shape index (κ3) is 5.06. The maximum Gasteiger partial charge on any atom is 0.163 e. The molecule has 0 atom stereocenters. The minimum atomic E-state index is -0.148. The second-order valence-electron chi connectivity index (χ2n) is 5.77. The van der Waals surface area contributed by atoms with Crippen LogP contribution in [0.4, 0.5) is 0 Å². The van der Waals surface area contributed by atoms with Crippen molar-refractivity contribution >= 4 is 5.78 Å². The molecule has 0 amide bonds. The van der Waals surface area contributed by atoms with Crippen LogP contribution in [0.25, 0.3) is 0 Å². The molecule has 0 unspecified atom stereocenters. The summed E-state index contributed by atoms with van der Waals surface area (Å²) in [7, 11) is 1.57. The van der Waals surface area contributed by atoms with Crippen molar-refractivity contribution in [2.45, 2.75) is 47.0 Å². The van der Waals surface area contributed by atoms with Crippen molar-refractivity contribution in [1.29, 1.82) is 0 Å². The first-order valence-corrected chi connectivity index (χ1v) is 7.55. The van der Waals surface area contributed by atoms with Gasteiger partial charge in [-0.1, -0.05) is 23.3 Å². The molecule has 3 nitrogen and oxygen atoms in total. The fourth-order valence-corrected chi connectivity index (χ4v) is 2.26. The van der Waals surface area contributed by atoms with Crippen molar-refractivity contribution in [3.63, 3.8) is 0 Å². The first-order chi connectivity index (χ1) is 10.4. The normalized spacial score (nSPS) is 11.2. The van der Waals surface area contributed by atoms with E-state index in [-0.39, 0.29) is 11.5 Å². The topological polar surface area (TPSA) is 46.5 Å². The van der Waals surface area contributed by atoms with Gasteiger partial charge in [-0.3, -0.25) is 4.79 Å². The number of carbonyl (C=O) groups excluding carboxylic acids is 1. The van der Waals surface area contributed by atoms with Crippen LogP contribution in [0.3, 0.4) is 0 Å². The van der Waals surface area contributed by atoms with Crippen molar-refractivity contribution in [2.75, 3.05) is 7.11 Å². The summed E-state index contributed by atoms with van der Waals surface area (Å²) < 4.78 is 5.30. The zero-order valence-electron chi connectivity index (χ0n) is 14.2. The first kappa shape index (κ1) is 18.0. The number of allylic oxidation sites excluding steroid dienone is 4. The molecule has 1 aromatic carbocycles. The highest BCUT2D eigenvalue weighted by atomic mass is 16.5. The highest BCUT2D eigenvalue weighted by Gasteiger charge is 2.15. The second-order valence-corrected chi connectivity index (χ2v) is 5.77. The summed E-state index contributed by atoms with van der Waals surface area (Å²) in [6.45, 7) is 7.72. The number of benzene rings is 1. The number of phenols is 1. The maximum atomic E-state index is 11.5. The standard InChI is InChI=1S/C19H26O3/c1-13(2)7-6-8-14(3)9-10-17-18(22-5)12-11-16(15(4)20)19(17)21/h7,9,11-12,21H,6,8,10H2,1-5H3/b14-9+. The molecule has 0 heterocycles. The smallest absolute Gasteiger partial charge is 0.163 e. The highest BCUT2D eigenvalue weighted by molar-refractivity contribution is 5.97. The molecule has 0 bridgehead atoms. The third-order valence-corrected chi connectivity index (χ3v) is 3.58. The van der Waals surface area contributed by atoms with Crippen LogP contribution in [0, 0.1) is 0 Å². The maximum absolute atomic E-state index is 11.5. The lowest BCUT2D eigenvalue weighted by Crippen LogP contribution is -1.99. The number of methoxy groups -OCH3 is 1. The lowest BCUT2D eigenvalue weighted by Gasteiger charge is -2.12. The van der Waals surface area contributed by atoms with Crippen LogP contribution in [-0.2, 0) is 6.42 Å². The van der Waals surface area contributed by atoms with Crippen LogP contribution in [0.2, 0.25) is 0 Å². The highest BCUT2D eigenvalue weighted by Crippen LogP contribution is 2.32. The Morgan fingerprint density at radius 1 is 1.18 bits per heavy atom. The van der Waals surface area contributed by atoms with E-state index in [1.807, 2.05) is 0 Å². The van der Waals surface area contributed by atoms with Gasteiger partial charge in [-0.15, -0.1) is 0 Å². The minimum Gasteiger partial charge on any atom is -0.507 e. The summed E-state index contributed by atoms with van der Waals surface area (Å²) in [5.74, 6) is 0.488. The summed E-state index contributed by atoms with van der Waals surface area (Å²) in [5, 5.41) is 10.3. The van der Waals surface area contributed by atoms with Crippen molar-refractivity contribution in [3.8, 4) is 11.5 Å². The molecule has 0 spiro atoms. The van der Waals surface area contributed by atoms with Gasteiger partial charge in [0.1, 0.15) is 11.5 Å². The van der Waals surface area contributed by atoms with Gasteiger partial charge in [-0.2, -0.15) is 0 Å². The summed E-state index contributed by atoms with van der Waals surface area (Å²) >= 11 is 0. The second kappa shape index (κ2) is 8.42. The average molecular weight is 302 g/mol. The Labute approximate surface area is 133 Å². The van der Waals surface area contributed by atoms with E-state index in [9.17, 15) is 9.90 Å². The van der Waals surface area contributed by atoms with E-state index in [0.29, 0.717) is 23.3 Å². The van der Waals surface area contributed by atoms with E-state index in [4.69, 9.17) is 4.74 Å². The average Bonchev–Trinajstić information content (AvgIpc) is 2.44. The van der Waals surface area contributed by atoms with Crippen molar-refractivity contribution in [3.05, 3.63) is 46.6 Å². The number of hydrogen-bond acceptors (Lipinski definition) is 3. The number of rotatable bonds is 7. The van der Waals surface area contributed by atoms with Crippen molar-refractivity contribution < 1.29 is 14.6 Å². The molecule has 0 aliphatic rings. The van der Waals surface area contributed by atoms with Crippen LogP contribution in [-0.4, -0.2) is 18.0 Å². The van der Waals surface area contributed by atoms with Crippen LogP contribution in [0.5, 0.6) is 11.5 Å². The Morgan fingerprint density at radius 2 is 1.86 bits per heavy atom. The van der Waals surface area contributed by atoms with Gasteiger partial charge in [-0.25, -0.2) is 0 Å². The predicted molar refractivity (Wildman–Crippen MR) is 90.8 cm³/mol. The van der Waals surface area contributed by atoms with Crippen LogP contribution in [0.15, 0.2) is 35.4 Å². The van der Waals surface area contributed by atoms with Gasteiger partial charge in [0.05, 0.1) is 12.7 Å². The van der Waals surface area contributed by atoms with E-state index >= 15 is 0 Å². The molecule has 0 radical (unpaired) electrons. The fraction of sp³-hybridized carbons (Fsp3) is 0.421. The van der Waals surface area contributed by atoms with Crippen LogP contribution >= 0.6 is 0 Å². The molecule has 22 heavy (non-hydrogen) atoms. The lowest BCUT2D eigenvalue weighted by molar-refractivity contribution is 0.101. The van der Waals surface area contributed by atoms with E-state index in [0.717, 1.165) is 12.8 Å². The van der Waals surface area contributed by atoms with Crippen molar-refractivity contribution in [2.24, 2.45) is 0 Å². The third-order valence-electron chi connectivity index (χ3n) is 3.58. The van der Waals surface area contributed by atoms with Gasteiger partial charge in [0.25, 0.3) is 0 Å². The predicted octanol–water partition coefficient (Wildman–Crippen LogP) is 4.84. The van der Waals surface area contributed by atoms with E-state index in [1.165, 1.54) is 18.1 Å². The Kier molecular flexibility index (Phi) is 6.90. The summed E-state index contributed by atoms with van der Waals surface area (Å²) in [5.41, 5.74) is 3.58. The molecule has 0 saturated heterocycles. The van der Waals surface area contributed by atoms with Gasteiger partial charge in [-0.05, 0) is 59.1 Å². The lowest BCUT2D eigenvalue weighted by atomic mass is 10.0. The molecule has 1 aromatic rings. The molecule has 0 aliphatic carbocycles. The number of ketones is 1. The quantitative estimate of drug-likeness (QED) is 0.579. The molecule has 0 saturated carbocycles. The molecular formula is C19H26O3. The number of carbonyl (C=O) groups is 1. The number of aromatic hydroxyl groups is 1. The molecule has 3 heteroatoms. The number of Topliss-reactive ketones (excluding diaryl/α,β-unsaturated/α-hetero) is 1.